The lowest BCUT2D eigenvalue weighted by Gasteiger charge is -1.73. The van der Waals surface area contributed by atoms with Crippen molar-refractivity contribution in [1.29, 1.82) is 0 Å². The van der Waals surface area contributed by atoms with Gasteiger partial charge in [-0.05, 0) is 0 Å². The van der Waals surface area contributed by atoms with Crippen LogP contribution in [0.2, 0.25) is 0 Å². The summed E-state index contributed by atoms with van der Waals surface area (Å²) in [5.41, 5.74) is 0.949. The number of hydrogen-bond acceptors (Lipinski definition) is 3. The second-order valence-corrected chi connectivity index (χ2v) is 1.62. The number of fused-ring (bicyclic) bond motifs is 1. The van der Waals surface area contributed by atoms with Crippen molar-refractivity contribution in [2.45, 2.75) is 6.42 Å². The van der Waals surface area contributed by atoms with E-state index in [0.29, 0.717) is 5.88 Å². The standard InChI is InChI=1S/C5H4N2O/c1-2-6-5-4(1)7-3-8-5/h2-3H,1H2. The first-order valence-electron chi connectivity index (χ1n) is 2.42. The van der Waals surface area contributed by atoms with Crippen LogP contribution in [0.3, 0.4) is 0 Å². The summed E-state index contributed by atoms with van der Waals surface area (Å²) in [6.07, 6.45) is 4.04. The van der Waals surface area contributed by atoms with Crippen LogP contribution >= 0.6 is 0 Å². The Morgan fingerprint density at radius 1 is 1.62 bits per heavy atom. The van der Waals surface area contributed by atoms with Gasteiger partial charge in [0.15, 0.2) is 6.39 Å². The molecule has 0 aromatic carbocycles. The third kappa shape index (κ3) is 0.332. The van der Waals surface area contributed by atoms with Crippen molar-refractivity contribution in [2.75, 3.05) is 0 Å². The van der Waals surface area contributed by atoms with Gasteiger partial charge in [-0.3, -0.25) is 0 Å². The van der Waals surface area contributed by atoms with Crippen molar-refractivity contribution in [2.24, 2.45) is 4.99 Å². The van der Waals surface area contributed by atoms with Crippen LogP contribution in [-0.4, -0.2) is 11.2 Å². The second kappa shape index (κ2) is 1.18. The van der Waals surface area contributed by atoms with E-state index in [0.717, 1.165) is 12.1 Å². The van der Waals surface area contributed by atoms with Gasteiger partial charge in [-0.15, -0.1) is 0 Å². The van der Waals surface area contributed by atoms with E-state index in [1.165, 1.54) is 6.39 Å². The first kappa shape index (κ1) is 3.83. The van der Waals surface area contributed by atoms with Gasteiger partial charge in [-0.25, -0.2) is 9.98 Å². The van der Waals surface area contributed by atoms with E-state index >= 15 is 0 Å². The summed E-state index contributed by atoms with van der Waals surface area (Å²) in [5, 5.41) is 0. The van der Waals surface area contributed by atoms with Crippen LogP contribution in [-0.2, 0) is 6.42 Å². The molecule has 1 aliphatic rings. The first-order chi connectivity index (χ1) is 3.97. The molecule has 0 spiro atoms. The highest BCUT2D eigenvalue weighted by Gasteiger charge is 2.08. The molecule has 0 atom stereocenters. The summed E-state index contributed by atoms with van der Waals surface area (Å²) in [4.78, 5) is 7.81. The van der Waals surface area contributed by atoms with Gasteiger partial charge in [0.1, 0.15) is 5.69 Å². The van der Waals surface area contributed by atoms with Crippen LogP contribution in [0.1, 0.15) is 5.69 Å². The lowest BCUT2D eigenvalue weighted by molar-refractivity contribution is 0.568. The molecular weight excluding hydrogens is 104 g/mol. The van der Waals surface area contributed by atoms with E-state index in [2.05, 4.69) is 9.98 Å². The molecule has 8 heavy (non-hydrogen) atoms. The smallest absolute Gasteiger partial charge is 0.242 e. The van der Waals surface area contributed by atoms with E-state index in [9.17, 15) is 0 Å². The maximum atomic E-state index is 4.87. The molecular formula is C5H4N2O. The number of aromatic nitrogens is 1. The summed E-state index contributed by atoms with van der Waals surface area (Å²) in [5.74, 6) is 0.671. The maximum Gasteiger partial charge on any atom is 0.242 e. The molecule has 3 nitrogen and oxygen atoms in total. The largest absolute Gasteiger partial charge is 0.425 e. The topological polar surface area (TPSA) is 38.4 Å². The molecule has 0 N–H and O–H groups in total. The Kier molecular flexibility index (Phi) is 0.566. The number of hydrogen-bond donors (Lipinski definition) is 0. The fourth-order valence-electron chi connectivity index (χ4n) is 0.723. The van der Waals surface area contributed by atoms with Gasteiger partial charge in [-0.2, -0.15) is 0 Å². The maximum absolute atomic E-state index is 4.87. The minimum atomic E-state index is 0.671. The molecule has 0 aliphatic carbocycles. The quantitative estimate of drug-likeness (QED) is 0.496. The van der Waals surface area contributed by atoms with Gasteiger partial charge in [0.25, 0.3) is 0 Å². The van der Waals surface area contributed by atoms with E-state index in [1.807, 2.05) is 0 Å². The highest BCUT2D eigenvalue weighted by atomic mass is 16.4. The van der Waals surface area contributed by atoms with Crippen LogP contribution in [0.5, 0.6) is 0 Å². The molecule has 0 fully saturated rings. The fourth-order valence-corrected chi connectivity index (χ4v) is 0.723. The van der Waals surface area contributed by atoms with Crippen molar-refractivity contribution in [3.05, 3.63) is 12.1 Å². The Morgan fingerprint density at radius 2 is 2.62 bits per heavy atom. The molecule has 40 valence electrons. The Balaban J connectivity index is 2.67. The number of rotatable bonds is 0. The summed E-state index contributed by atoms with van der Waals surface area (Å²) >= 11 is 0. The molecule has 0 saturated carbocycles. The zero-order valence-electron chi connectivity index (χ0n) is 4.16. The number of aliphatic imine (C=N–C) groups is 1. The van der Waals surface area contributed by atoms with Gasteiger partial charge >= 0.3 is 0 Å². The number of nitrogens with zero attached hydrogens (tertiary/aromatic N) is 2. The van der Waals surface area contributed by atoms with E-state index in [-0.39, 0.29) is 0 Å². The molecule has 2 heterocycles. The van der Waals surface area contributed by atoms with Gasteiger partial charge < -0.3 is 4.42 Å². The van der Waals surface area contributed by atoms with Gasteiger partial charge in [0.2, 0.25) is 5.88 Å². The van der Waals surface area contributed by atoms with Gasteiger partial charge in [0.05, 0.1) is 0 Å². The predicted octanol–water partition coefficient (Wildman–Crippen LogP) is 0.933. The molecule has 0 unspecified atom stereocenters. The van der Waals surface area contributed by atoms with E-state index in [4.69, 9.17) is 4.42 Å². The van der Waals surface area contributed by atoms with Crippen molar-refractivity contribution in [3.8, 4) is 0 Å². The summed E-state index contributed by atoms with van der Waals surface area (Å²) in [6.45, 7) is 0. The van der Waals surface area contributed by atoms with E-state index < -0.39 is 0 Å². The monoisotopic (exact) mass is 108 g/mol. The number of oxazole rings is 1. The van der Waals surface area contributed by atoms with Crippen LogP contribution in [0.4, 0.5) is 5.88 Å². The van der Waals surface area contributed by atoms with Crippen molar-refractivity contribution >= 4 is 12.1 Å². The van der Waals surface area contributed by atoms with Crippen LogP contribution < -0.4 is 0 Å². The molecule has 1 aliphatic heterocycles. The first-order valence-corrected chi connectivity index (χ1v) is 2.42. The predicted molar refractivity (Wildman–Crippen MR) is 28.4 cm³/mol. The van der Waals surface area contributed by atoms with Crippen LogP contribution in [0.15, 0.2) is 15.8 Å². The average Bonchev–Trinajstić information content (AvgIpc) is 2.15. The lowest BCUT2D eigenvalue weighted by Crippen LogP contribution is -1.76. The zero-order chi connectivity index (χ0) is 5.40. The summed E-state index contributed by atoms with van der Waals surface area (Å²) < 4.78 is 4.87. The second-order valence-electron chi connectivity index (χ2n) is 1.62. The highest BCUT2D eigenvalue weighted by molar-refractivity contribution is 5.71. The van der Waals surface area contributed by atoms with Crippen LogP contribution in [0.25, 0.3) is 0 Å². The Morgan fingerprint density at radius 3 is 3.50 bits per heavy atom. The SMILES string of the molecule is C1=Nc2ocnc2C1. The molecule has 1 aromatic heterocycles. The highest BCUT2D eigenvalue weighted by Crippen LogP contribution is 2.20. The molecule has 1 aromatic rings. The molecule has 0 bridgehead atoms. The van der Waals surface area contributed by atoms with Gasteiger partial charge in [-0.1, -0.05) is 0 Å². The van der Waals surface area contributed by atoms with Crippen molar-refractivity contribution in [1.82, 2.24) is 4.98 Å². The summed E-state index contributed by atoms with van der Waals surface area (Å²) in [7, 11) is 0. The van der Waals surface area contributed by atoms with Crippen molar-refractivity contribution < 1.29 is 4.42 Å². The fraction of sp³-hybridized carbons (Fsp3) is 0.200. The van der Waals surface area contributed by atoms with Gasteiger partial charge in [0, 0.05) is 12.6 Å². The average molecular weight is 108 g/mol. The Labute approximate surface area is 46.1 Å². The third-order valence-electron chi connectivity index (χ3n) is 1.11. The third-order valence-corrected chi connectivity index (χ3v) is 1.11. The Bertz CT molecular complexity index is 226. The molecule has 0 radical (unpaired) electrons. The summed E-state index contributed by atoms with van der Waals surface area (Å²) in [6, 6.07) is 0. The molecule has 2 rings (SSSR count). The molecule has 0 amide bonds. The minimum absolute atomic E-state index is 0.671. The molecule has 3 heteroatoms. The zero-order valence-corrected chi connectivity index (χ0v) is 4.16. The van der Waals surface area contributed by atoms with E-state index in [1.54, 1.807) is 6.21 Å². The normalized spacial score (nSPS) is 14.5. The minimum Gasteiger partial charge on any atom is -0.425 e. The van der Waals surface area contributed by atoms with Crippen LogP contribution in [0, 0.1) is 0 Å². The lowest BCUT2D eigenvalue weighted by atomic mass is 10.4. The molecule has 0 saturated heterocycles. The Hall–Kier alpha value is -1.12. The van der Waals surface area contributed by atoms with Crippen molar-refractivity contribution in [3.63, 3.8) is 0 Å².